The summed E-state index contributed by atoms with van der Waals surface area (Å²) in [7, 11) is 0. The number of Topliss-reactive ketones (excluding diaryl/α,β-unsaturated/α-hetero) is 1. The highest BCUT2D eigenvalue weighted by molar-refractivity contribution is 8.01. The summed E-state index contributed by atoms with van der Waals surface area (Å²) in [5.41, 5.74) is 1.04. The summed E-state index contributed by atoms with van der Waals surface area (Å²) in [5.74, 6) is 0.486. The SMILES string of the molecule is CSc1cccc(CC(O)/C=C/[C@H]2[C@H](O)CC(=O)[C@@H]2SCCCSCC(=O)O)c1. The predicted molar refractivity (Wildman–Crippen MR) is 122 cm³/mol. The highest BCUT2D eigenvalue weighted by Gasteiger charge is 2.40. The molecule has 8 heteroatoms. The standard InChI is InChI=1S/C21H28O5S3/c1-27-16-5-2-4-14(11-16)10-15(22)6-7-17-18(23)12-19(24)21(17)29-9-3-8-28-13-20(25)26/h2,4-7,11,15,17-18,21-23H,3,8-10,12-13H2,1H3,(H,25,26)/b7-6+/t15?,17-,18+,21+/m0/s1. The van der Waals surface area contributed by atoms with Crippen LogP contribution in [0.5, 0.6) is 0 Å². The maximum Gasteiger partial charge on any atom is 0.313 e. The number of hydrogen-bond acceptors (Lipinski definition) is 7. The molecule has 0 aromatic heterocycles. The topological polar surface area (TPSA) is 94.8 Å². The summed E-state index contributed by atoms with van der Waals surface area (Å²) in [5, 5.41) is 29.0. The Kier molecular flexibility index (Phi) is 10.7. The molecule has 1 aromatic rings. The average Bonchev–Trinajstić information content (AvgIpc) is 2.95. The van der Waals surface area contributed by atoms with Gasteiger partial charge in [0.1, 0.15) is 5.78 Å². The van der Waals surface area contributed by atoms with Crippen molar-refractivity contribution in [1.29, 1.82) is 0 Å². The highest BCUT2D eigenvalue weighted by atomic mass is 32.2. The summed E-state index contributed by atoms with van der Waals surface area (Å²) in [6, 6.07) is 8.03. The summed E-state index contributed by atoms with van der Waals surface area (Å²) < 4.78 is 0. The van der Waals surface area contributed by atoms with Gasteiger partial charge in [-0.3, -0.25) is 9.59 Å². The molecule has 1 unspecified atom stereocenters. The number of rotatable bonds is 12. The van der Waals surface area contributed by atoms with E-state index in [9.17, 15) is 19.8 Å². The van der Waals surface area contributed by atoms with Gasteiger partial charge in [0.15, 0.2) is 0 Å². The molecule has 0 heterocycles. The third-order valence-electron chi connectivity index (χ3n) is 4.61. The first-order valence-corrected chi connectivity index (χ1v) is 12.9. The Hall–Kier alpha value is -0.930. The van der Waals surface area contributed by atoms with E-state index in [-0.39, 0.29) is 29.1 Å². The minimum atomic E-state index is -0.819. The maximum atomic E-state index is 12.2. The van der Waals surface area contributed by atoms with E-state index in [0.717, 1.165) is 28.4 Å². The number of aliphatic hydroxyl groups is 2. The van der Waals surface area contributed by atoms with Crippen molar-refractivity contribution in [3.63, 3.8) is 0 Å². The van der Waals surface area contributed by atoms with E-state index < -0.39 is 18.2 Å². The van der Waals surface area contributed by atoms with Crippen molar-refractivity contribution in [3.05, 3.63) is 42.0 Å². The van der Waals surface area contributed by atoms with Gasteiger partial charge in [-0.25, -0.2) is 0 Å². The van der Waals surface area contributed by atoms with Crippen LogP contribution >= 0.6 is 35.3 Å². The molecule has 3 N–H and O–H groups in total. The molecule has 1 aliphatic carbocycles. The number of carboxylic acids is 1. The first-order chi connectivity index (χ1) is 13.9. The molecule has 4 atom stereocenters. The third-order valence-corrected chi connectivity index (χ3v) is 7.83. The predicted octanol–water partition coefficient (Wildman–Crippen LogP) is 3.13. The van der Waals surface area contributed by atoms with Crippen LogP contribution in [0.2, 0.25) is 0 Å². The fourth-order valence-electron chi connectivity index (χ4n) is 3.20. The van der Waals surface area contributed by atoms with Crippen molar-refractivity contribution < 1.29 is 24.9 Å². The van der Waals surface area contributed by atoms with Gasteiger partial charge in [-0.1, -0.05) is 24.3 Å². The van der Waals surface area contributed by atoms with Crippen LogP contribution in [0.15, 0.2) is 41.3 Å². The Labute approximate surface area is 184 Å². The van der Waals surface area contributed by atoms with Crippen molar-refractivity contribution in [2.24, 2.45) is 5.92 Å². The molecule has 2 rings (SSSR count). The molecule has 0 aliphatic heterocycles. The molecule has 0 amide bonds. The second-order valence-corrected chi connectivity index (χ2v) is 10.1. The molecule has 1 aromatic carbocycles. The Morgan fingerprint density at radius 2 is 2.14 bits per heavy atom. The van der Waals surface area contributed by atoms with Gasteiger partial charge in [0.25, 0.3) is 0 Å². The zero-order valence-corrected chi connectivity index (χ0v) is 18.8. The summed E-state index contributed by atoms with van der Waals surface area (Å²) in [6.45, 7) is 0. The number of ketones is 1. The van der Waals surface area contributed by atoms with Gasteiger partial charge in [-0.2, -0.15) is 11.8 Å². The van der Waals surface area contributed by atoms with Crippen molar-refractivity contribution in [3.8, 4) is 0 Å². The maximum absolute atomic E-state index is 12.2. The Balaban J connectivity index is 1.85. The number of aliphatic carboxylic acids is 1. The molecule has 0 saturated heterocycles. The zero-order chi connectivity index (χ0) is 21.2. The molecule has 1 aliphatic rings. The van der Waals surface area contributed by atoms with Crippen LogP contribution < -0.4 is 0 Å². The molecule has 160 valence electrons. The first-order valence-electron chi connectivity index (χ1n) is 9.52. The lowest BCUT2D eigenvalue weighted by Crippen LogP contribution is -2.22. The number of aliphatic hydroxyl groups excluding tert-OH is 2. The zero-order valence-electron chi connectivity index (χ0n) is 16.4. The second kappa shape index (κ2) is 12.7. The first kappa shape index (κ1) is 24.3. The Morgan fingerprint density at radius 3 is 2.86 bits per heavy atom. The molecule has 0 spiro atoms. The van der Waals surface area contributed by atoms with Crippen molar-refractivity contribution in [1.82, 2.24) is 0 Å². The van der Waals surface area contributed by atoms with Crippen LogP contribution in [0.25, 0.3) is 0 Å². The molecule has 0 bridgehead atoms. The van der Waals surface area contributed by atoms with Crippen LogP contribution in [0.4, 0.5) is 0 Å². The fraction of sp³-hybridized carbons (Fsp3) is 0.524. The van der Waals surface area contributed by atoms with Crippen LogP contribution in [0, 0.1) is 5.92 Å². The van der Waals surface area contributed by atoms with Crippen molar-refractivity contribution in [2.75, 3.05) is 23.5 Å². The normalized spacial score (nSPS) is 23.0. The number of benzene rings is 1. The summed E-state index contributed by atoms with van der Waals surface area (Å²) in [4.78, 5) is 23.9. The van der Waals surface area contributed by atoms with Crippen LogP contribution in [-0.2, 0) is 16.0 Å². The average molecular weight is 457 g/mol. The van der Waals surface area contributed by atoms with E-state index in [4.69, 9.17) is 5.11 Å². The Morgan fingerprint density at radius 1 is 1.34 bits per heavy atom. The number of carbonyl (C=O) groups excluding carboxylic acids is 1. The number of carbonyl (C=O) groups is 2. The lowest BCUT2D eigenvalue weighted by Gasteiger charge is -2.17. The summed E-state index contributed by atoms with van der Waals surface area (Å²) >= 11 is 4.54. The van der Waals surface area contributed by atoms with E-state index in [1.54, 1.807) is 23.9 Å². The third kappa shape index (κ3) is 8.38. The monoisotopic (exact) mass is 456 g/mol. The molecule has 29 heavy (non-hydrogen) atoms. The van der Waals surface area contributed by atoms with E-state index >= 15 is 0 Å². The molecule has 5 nitrogen and oxygen atoms in total. The molecule has 1 fully saturated rings. The van der Waals surface area contributed by atoms with Crippen molar-refractivity contribution >= 4 is 47.0 Å². The lowest BCUT2D eigenvalue weighted by atomic mass is 10.0. The number of carboxylic acid groups (broad SMARTS) is 1. The van der Waals surface area contributed by atoms with Gasteiger partial charge in [0, 0.05) is 23.7 Å². The van der Waals surface area contributed by atoms with E-state index in [2.05, 4.69) is 6.07 Å². The van der Waals surface area contributed by atoms with E-state index in [0.29, 0.717) is 6.42 Å². The van der Waals surface area contributed by atoms with Crippen LogP contribution in [0.3, 0.4) is 0 Å². The smallest absolute Gasteiger partial charge is 0.313 e. The fourth-order valence-corrected chi connectivity index (χ4v) is 5.88. The minimum absolute atomic E-state index is 0.0394. The van der Waals surface area contributed by atoms with Gasteiger partial charge < -0.3 is 15.3 Å². The molecule has 1 saturated carbocycles. The summed E-state index contributed by atoms with van der Waals surface area (Å²) in [6.07, 6.45) is 5.54. The van der Waals surface area contributed by atoms with Gasteiger partial charge in [0.2, 0.25) is 0 Å². The quantitative estimate of drug-likeness (QED) is 0.251. The van der Waals surface area contributed by atoms with Crippen LogP contribution in [-0.4, -0.2) is 68.0 Å². The molecule has 0 radical (unpaired) electrons. The highest BCUT2D eigenvalue weighted by Crippen LogP contribution is 2.34. The molecular formula is C21H28O5S3. The van der Waals surface area contributed by atoms with E-state index in [1.165, 1.54) is 23.5 Å². The number of hydrogen-bond donors (Lipinski definition) is 3. The Bertz CT molecular complexity index is 709. The second-order valence-electron chi connectivity index (χ2n) is 6.91. The van der Waals surface area contributed by atoms with Gasteiger partial charge in [-0.15, -0.1) is 23.5 Å². The van der Waals surface area contributed by atoms with Crippen LogP contribution in [0.1, 0.15) is 18.4 Å². The van der Waals surface area contributed by atoms with Gasteiger partial charge in [0.05, 0.1) is 23.2 Å². The largest absolute Gasteiger partial charge is 0.481 e. The minimum Gasteiger partial charge on any atom is -0.481 e. The van der Waals surface area contributed by atoms with Crippen molar-refractivity contribution in [2.45, 2.75) is 41.6 Å². The number of thioether (sulfide) groups is 3. The van der Waals surface area contributed by atoms with Gasteiger partial charge >= 0.3 is 5.97 Å². The lowest BCUT2D eigenvalue weighted by molar-refractivity contribution is -0.133. The van der Waals surface area contributed by atoms with E-state index in [1.807, 2.05) is 24.5 Å². The van der Waals surface area contributed by atoms with Gasteiger partial charge in [-0.05, 0) is 41.9 Å². The molecular weight excluding hydrogens is 428 g/mol.